The summed E-state index contributed by atoms with van der Waals surface area (Å²) < 4.78 is 0. The van der Waals surface area contributed by atoms with Crippen molar-refractivity contribution >= 4 is 0 Å². The fourth-order valence-corrected chi connectivity index (χ4v) is 1.05. The van der Waals surface area contributed by atoms with Crippen LogP contribution >= 0.6 is 0 Å². The van der Waals surface area contributed by atoms with Gasteiger partial charge in [-0.15, -0.1) is 0 Å². The molecule has 0 fully saturated rings. The molecule has 0 spiro atoms. The van der Waals surface area contributed by atoms with E-state index in [4.69, 9.17) is 5.11 Å². The first-order valence-electron chi connectivity index (χ1n) is 4.91. The largest absolute Gasteiger partial charge is 0.394 e. The molecule has 74 valence electrons. The predicted octanol–water partition coefficient (Wildman–Crippen LogP) is 1.78. The summed E-state index contributed by atoms with van der Waals surface area (Å²) in [6.07, 6.45) is 2.43. The summed E-state index contributed by atoms with van der Waals surface area (Å²) in [5.74, 6) is 0.746. The second-order valence-electron chi connectivity index (χ2n) is 4.11. The Kier molecular flexibility index (Phi) is 5.51. The molecule has 0 aromatic rings. The first kappa shape index (κ1) is 11.9. The second-order valence-corrected chi connectivity index (χ2v) is 4.11. The van der Waals surface area contributed by atoms with Gasteiger partial charge in [0.25, 0.3) is 0 Å². The summed E-state index contributed by atoms with van der Waals surface area (Å²) in [4.78, 5) is 0. The molecule has 0 saturated heterocycles. The number of hydrogen-bond donors (Lipinski definition) is 2. The van der Waals surface area contributed by atoms with Gasteiger partial charge in [0, 0.05) is 5.54 Å². The maximum atomic E-state index is 8.99. The van der Waals surface area contributed by atoms with Crippen molar-refractivity contribution in [3.63, 3.8) is 0 Å². The Labute approximate surface area is 76.4 Å². The first-order chi connectivity index (χ1) is 5.55. The van der Waals surface area contributed by atoms with Gasteiger partial charge in [-0.2, -0.15) is 0 Å². The molecule has 0 heterocycles. The second kappa shape index (κ2) is 5.55. The quantitative estimate of drug-likeness (QED) is 0.642. The van der Waals surface area contributed by atoms with Crippen LogP contribution in [0.5, 0.6) is 0 Å². The van der Waals surface area contributed by atoms with Crippen molar-refractivity contribution in [3.8, 4) is 0 Å². The van der Waals surface area contributed by atoms with Gasteiger partial charge in [-0.1, -0.05) is 26.7 Å². The van der Waals surface area contributed by atoms with E-state index in [1.54, 1.807) is 0 Å². The minimum atomic E-state index is -0.122. The van der Waals surface area contributed by atoms with Crippen LogP contribution < -0.4 is 5.32 Å². The van der Waals surface area contributed by atoms with E-state index in [9.17, 15) is 0 Å². The lowest BCUT2D eigenvalue weighted by Gasteiger charge is -2.26. The van der Waals surface area contributed by atoms with Crippen LogP contribution in [0.2, 0.25) is 0 Å². The molecule has 0 aliphatic heterocycles. The number of aliphatic hydroxyl groups is 1. The molecule has 0 rings (SSSR count). The van der Waals surface area contributed by atoms with Crippen LogP contribution in [0.15, 0.2) is 0 Å². The zero-order valence-electron chi connectivity index (χ0n) is 8.85. The van der Waals surface area contributed by atoms with Crippen molar-refractivity contribution in [1.82, 2.24) is 5.32 Å². The van der Waals surface area contributed by atoms with Gasteiger partial charge in [0.1, 0.15) is 0 Å². The molecule has 0 aliphatic rings. The molecule has 0 aliphatic carbocycles. The minimum Gasteiger partial charge on any atom is -0.394 e. The third kappa shape index (κ3) is 4.73. The summed E-state index contributed by atoms with van der Waals surface area (Å²) in [5.41, 5.74) is -0.122. The smallest absolute Gasteiger partial charge is 0.0607 e. The summed E-state index contributed by atoms with van der Waals surface area (Å²) >= 11 is 0. The van der Waals surface area contributed by atoms with Gasteiger partial charge in [0.15, 0.2) is 0 Å². The molecular formula is C10H23NO. The molecule has 0 amide bonds. The fourth-order valence-electron chi connectivity index (χ4n) is 1.05. The van der Waals surface area contributed by atoms with Crippen molar-refractivity contribution in [2.75, 3.05) is 13.2 Å². The van der Waals surface area contributed by atoms with E-state index in [1.165, 1.54) is 12.8 Å². The highest BCUT2D eigenvalue weighted by atomic mass is 16.3. The van der Waals surface area contributed by atoms with Crippen LogP contribution in [0.4, 0.5) is 0 Å². The minimum absolute atomic E-state index is 0.122. The van der Waals surface area contributed by atoms with E-state index in [-0.39, 0.29) is 12.1 Å². The monoisotopic (exact) mass is 173 g/mol. The average molecular weight is 173 g/mol. The summed E-state index contributed by atoms with van der Waals surface area (Å²) in [6, 6.07) is 0. The lowest BCUT2D eigenvalue weighted by Crippen LogP contribution is -2.44. The van der Waals surface area contributed by atoms with Crippen LogP contribution in [0, 0.1) is 5.92 Å². The molecule has 0 aromatic heterocycles. The van der Waals surface area contributed by atoms with Crippen LogP contribution in [0.3, 0.4) is 0 Å². The summed E-state index contributed by atoms with van der Waals surface area (Å²) in [7, 11) is 0. The Morgan fingerprint density at radius 1 is 1.25 bits per heavy atom. The Hall–Kier alpha value is -0.0800. The van der Waals surface area contributed by atoms with Crippen molar-refractivity contribution in [1.29, 1.82) is 0 Å². The lowest BCUT2D eigenvalue weighted by molar-refractivity contribution is 0.181. The van der Waals surface area contributed by atoms with E-state index in [0.29, 0.717) is 0 Å². The standard InChI is InChI=1S/C10H23NO/c1-5-9(6-2)7-11-10(3,4)8-12/h9,11-12H,5-8H2,1-4H3. The fraction of sp³-hybridized carbons (Fsp3) is 1.00. The van der Waals surface area contributed by atoms with Crippen LogP contribution in [0.1, 0.15) is 40.5 Å². The maximum absolute atomic E-state index is 8.99. The molecule has 12 heavy (non-hydrogen) atoms. The molecule has 0 atom stereocenters. The zero-order valence-corrected chi connectivity index (χ0v) is 8.85. The van der Waals surface area contributed by atoms with E-state index in [2.05, 4.69) is 19.2 Å². The molecule has 2 nitrogen and oxygen atoms in total. The highest BCUT2D eigenvalue weighted by Crippen LogP contribution is 2.08. The summed E-state index contributed by atoms with van der Waals surface area (Å²) in [6.45, 7) is 9.68. The van der Waals surface area contributed by atoms with Crippen molar-refractivity contribution < 1.29 is 5.11 Å². The van der Waals surface area contributed by atoms with E-state index < -0.39 is 0 Å². The van der Waals surface area contributed by atoms with Crippen LogP contribution in [-0.4, -0.2) is 23.8 Å². The third-order valence-corrected chi connectivity index (χ3v) is 2.42. The number of rotatable bonds is 6. The molecule has 0 saturated carbocycles. The highest BCUT2D eigenvalue weighted by molar-refractivity contribution is 4.77. The SMILES string of the molecule is CCC(CC)CNC(C)(C)CO. The Morgan fingerprint density at radius 2 is 1.75 bits per heavy atom. The number of aliphatic hydroxyl groups excluding tert-OH is 1. The molecule has 2 N–H and O–H groups in total. The normalized spacial score (nSPS) is 12.5. The molecule has 0 bridgehead atoms. The molecule has 0 radical (unpaired) electrons. The van der Waals surface area contributed by atoms with Gasteiger partial charge < -0.3 is 10.4 Å². The van der Waals surface area contributed by atoms with Crippen molar-refractivity contribution in [2.45, 2.75) is 46.1 Å². The van der Waals surface area contributed by atoms with Gasteiger partial charge in [-0.25, -0.2) is 0 Å². The lowest BCUT2D eigenvalue weighted by atomic mass is 10.0. The van der Waals surface area contributed by atoms with Gasteiger partial charge in [-0.05, 0) is 26.3 Å². The molecule has 0 unspecified atom stereocenters. The third-order valence-electron chi connectivity index (χ3n) is 2.42. The zero-order chi connectivity index (χ0) is 9.61. The number of nitrogens with one attached hydrogen (secondary N) is 1. The van der Waals surface area contributed by atoms with Gasteiger partial charge >= 0.3 is 0 Å². The average Bonchev–Trinajstić information content (AvgIpc) is 2.06. The summed E-state index contributed by atoms with van der Waals surface area (Å²) in [5, 5.41) is 12.4. The molecule has 0 aromatic carbocycles. The Bertz CT molecular complexity index is 108. The molecular weight excluding hydrogens is 150 g/mol. The van der Waals surface area contributed by atoms with Crippen LogP contribution in [-0.2, 0) is 0 Å². The van der Waals surface area contributed by atoms with Gasteiger partial charge in [-0.3, -0.25) is 0 Å². The van der Waals surface area contributed by atoms with Crippen molar-refractivity contribution in [2.24, 2.45) is 5.92 Å². The predicted molar refractivity (Wildman–Crippen MR) is 53.2 cm³/mol. The molecule has 2 heteroatoms. The van der Waals surface area contributed by atoms with Crippen molar-refractivity contribution in [3.05, 3.63) is 0 Å². The number of hydrogen-bond acceptors (Lipinski definition) is 2. The van der Waals surface area contributed by atoms with E-state index >= 15 is 0 Å². The van der Waals surface area contributed by atoms with Crippen LogP contribution in [0.25, 0.3) is 0 Å². The van der Waals surface area contributed by atoms with E-state index in [1.807, 2.05) is 13.8 Å². The first-order valence-corrected chi connectivity index (χ1v) is 4.91. The Morgan fingerprint density at radius 3 is 2.08 bits per heavy atom. The van der Waals surface area contributed by atoms with Gasteiger partial charge in [0.05, 0.1) is 6.61 Å². The highest BCUT2D eigenvalue weighted by Gasteiger charge is 2.16. The topological polar surface area (TPSA) is 32.3 Å². The van der Waals surface area contributed by atoms with Gasteiger partial charge in [0.2, 0.25) is 0 Å². The maximum Gasteiger partial charge on any atom is 0.0607 e. The Balaban J connectivity index is 3.65. The van der Waals surface area contributed by atoms with E-state index in [0.717, 1.165) is 12.5 Å².